The standard InChI is InChI=1S/C18H17NO2/c1-2-20-16-8-5-9-17(18(16)19)21-15-11-10-13-6-3-4-7-14(13)12-15/h3-12H,2,19H2,1H3. The molecule has 0 radical (unpaired) electrons. The third-order valence-electron chi connectivity index (χ3n) is 3.27. The molecule has 3 aromatic rings. The van der Waals surface area contributed by atoms with Crippen molar-refractivity contribution in [1.29, 1.82) is 0 Å². The number of para-hydroxylation sites is 1. The summed E-state index contributed by atoms with van der Waals surface area (Å²) in [7, 11) is 0. The second kappa shape index (κ2) is 5.75. The molecule has 0 spiro atoms. The van der Waals surface area contributed by atoms with Crippen molar-refractivity contribution in [3.05, 3.63) is 60.7 Å². The van der Waals surface area contributed by atoms with Crippen molar-refractivity contribution in [3.8, 4) is 17.2 Å². The Morgan fingerprint density at radius 3 is 2.43 bits per heavy atom. The van der Waals surface area contributed by atoms with Crippen LogP contribution in [0.15, 0.2) is 60.7 Å². The summed E-state index contributed by atoms with van der Waals surface area (Å²) in [5, 5.41) is 2.32. The van der Waals surface area contributed by atoms with Crippen LogP contribution in [0.25, 0.3) is 10.8 Å². The quantitative estimate of drug-likeness (QED) is 0.709. The third-order valence-corrected chi connectivity index (χ3v) is 3.27. The van der Waals surface area contributed by atoms with Crippen molar-refractivity contribution in [2.75, 3.05) is 12.3 Å². The van der Waals surface area contributed by atoms with Gasteiger partial charge in [0.2, 0.25) is 0 Å². The monoisotopic (exact) mass is 279 g/mol. The first kappa shape index (κ1) is 13.3. The molecule has 0 aliphatic carbocycles. The fourth-order valence-electron chi connectivity index (χ4n) is 2.25. The molecule has 0 bridgehead atoms. The van der Waals surface area contributed by atoms with Gasteiger partial charge in [-0.1, -0.05) is 36.4 Å². The van der Waals surface area contributed by atoms with Gasteiger partial charge < -0.3 is 15.2 Å². The molecule has 106 valence electrons. The largest absolute Gasteiger partial charge is 0.492 e. The molecular weight excluding hydrogens is 262 g/mol. The maximum absolute atomic E-state index is 6.08. The highest BCUT2D eigenvalue weighted by Gasteiger charge is 2.08. The van der Waals surface area contributed by atoms with Crippen molar-refractivity contribution in [3.63, 3.8) is 0 Å². The Kier molecular flexibility index (Phi) is 3.65. The van der Waals surface area contributed by atoms with Crippen LogP contribution in [0.5, 0.6) is 17.2 Å². The predicted molar refractivity (Wildman–Crippen MR) is 86.0 cm³/mol. The van der Waals surface area contributed by atoms with Gasteiger partial charge in [0.15, 0.2) is 5.75 Å². The minimum Gasteiger partial charge on any atom is -0.492 e. The highest BCUT2D eigenvalue weighted by atomic mass is 16.5. The molecule has 0 fully saturated rings. The number of nitrogen functional groups attached to an aromatic ring is 1. The molecule has 3 rings (SSSR count). The van der Waals surface area contributed by atoms with E-state index in [9.17, 15) is 0 Å². The lowest BCUT2D eigenvalue weighted by Gasteiger charge is -2.12. The number of ether oxygens (including phenoxy) is 2. The molecule has 0 atom stereocenters. The Morgan fingerprint density at radius 2 is 1.62 bits per heavy atom. The van der Waals surface area contributed by atoms with Gasteiger partial charge in [-0.2, -0.15) is 0 Å². The fraction of sp³-hybridized carbons (Fsp3) is 0.111. The van der Waals surface area contributed by atoms with Gasteiger partial charge in [-0.05, 0) is 42.0 Å². The van der Waals surface area contributed by atoms with E-state index in [0.717, 1.165) is 11.1 Å². The molecular formula is C18H17NO2. The summed E-state index contributed by atoms with van der Waals surface area (Å²) in [6, 6.07) is 19.7. The molecule has 0 amide bonds. The summed E-state index contributed by atoms with van der Waals surface area (Å²) in [6.45, 7) is 2.50. The molecule has 0 unspecified atom stereocenters. The van der Waals surface area contributed by atoms with Gasteiger partial charge in [0.05, 0.1) is 6.61 Å². The number of benzene rings is 3. The molecule has 3 heteroatoms. The van der Waals surface area contributed by atoms with Crippen LogP contribution in [0.1, 0.15) is 6.92 Å². The van der Waals surface area contributed by atoms with Crippen LogP contribution in [0, 0.1) is 0 Å². The van der Waals surface area contributed by atoms with E-state index >= 15 is 0 Å². The van der Waals surface area contributed by atoms with Crippen LogP contribution in [0.4, 0.5) is 5.69 Å². The molecule has 21 heavy (non-hydrogen) atoms. The van der Waals surface area contributed by atoms with E-state index in [-0.39, 0.29) is 0 Å². The lowest BCUT2D eigenvalue weighted by Crippen LogP contribution is -1.98. The predicted octanol–water partition coefficient (Wildman–Crippen LogP) is 4.61. The number of rotatable bonds is 4. The van der Waals surface area contributed by atoms with Gasteiger partial charge in [-0.15, -0.1) is 0 Å². The van der Waals surface area contributed by atoms with Crippen molar-refractivity contribution in [1.82, 2.24) is 0 Å². The summed E-state index contributed by atoms with van der Waals surface area (Å²) < 4.78 is 11.4. The Hall–Kier alpha value is -2.68. The normalized spacial score (nSPS) is 10.5. The zero-order valence-corrected chi connectivity index (χ0v) is 11.9. The number of fused-ring (bicyclic) bond motifs is 1. The Balaban J connectivity index is 1.93. The molecule has 2 N–H and O–H groups in total. The van der Waals surface area contributed by atoms with Crippen LogP contribution in [-0.2, 0) is 0 Å². The molecule has 0 heterocycles. The Bertz CT molecular complexity index is 768. The second-order valence-corrected chi connectivity index (χ2v) is 4.71. The molecule has 0 saturated carbocycles. The molecule has 0 aliphatic rings. The third kappa shape index (κ3) is 2.77. The van der Waals surface area contributed by atoms with Crippen molar-refractivity contribution < 1.29 is 9.47 Å². The fourth-order valence-corrected chi connectivity index (χ4v) is 2.25. The van der Waals surface area contributed by atoms with Crippen LogP contribution in [0.3, 0.4) is 0 Å². The molecule has 0 saturated heterocycles. The second-order valence-electron chi connectivity index (χ2n) is 4.71. The van der Waals surface area contributed by atoms with Crippen molar-refractivity contribution in [2.45, 2.75) is 6.92 Å². The molecule has 0 aromatic heterocycles. The van der Waals surface area contributed by atoms with E-state index in [0.29, 0.717) is 23.8 Å². The first-order chi connectivity index (χ1) is 10.3. The van der Waals surface area contributed by atoms with Crippen LogP contribution >= 0.6 is 0 Å². The van der Waals surface area contributed by atoms with Gasteiger partial charge >= 0.3 is 0 Å². The number of hydrogen-bond acceptors (Lipinski definition) is 3. The van der Waals surface area contributed by atoms with E-state index in [2.05, 4.69) is 12.1 Å². The van der Waals surface area contributed by atoms with E-state index < -0.39 is 0 Å². The lowest BCUT2D eigenvalue weighted by molar-refractivity contribution is 0.340. The highest BCUT2D eigenvalue weighted by molar-refractivity contribution is 5.83. The van der Waals surface area contributed by atoms with Gasteiger partial charge in [0.1, 0.15) is 17.2 Å². The van der Waals surface area contributed by atoms with Crippen molar-refractivity contribution >= 4 is 16.5 Å². The summed E-state index contributed by atoms with van der Waals surface area (Å²) in [6.07, 6.45) is 0. The lowest BCUT2D eigenvalue weighted by atomic mass is 10.1. The van der Waals surface area contributed by atoms with Crippen LogP contribution in [-0.4, -0.2) is 6.61 Å². The number of anilines is 1. The first-order valence-electron chi connectivity index (χ1n) is 6.96. The number of hydrogen-bond donors (Lipinski definition) is 1. The van der Waals surface area contributed by atoms with Gasteiger partial charge in [-0.25, -0.2) is 0 Å². The van der Waals surface area contributed by atoms with Crippen LogP contribution in [0.2, 0.25) is 0 Å². The summed E-state index contributed by atoms with van der Waals surface area (Å²) in [5.74, 6) is 2.01. The highest BCUT2D eigenvalue weighted by Crippen LogP contribution is 2.35. The van der Waals surface area contributed by atoms with Gasteiger partial charge in [0.25, 0.3) is 0 Å². The maximum Gasteiger partial charge on any atom is 0.154 e. The minimum absolute atomic E-state index is 0.521. The Labute approximate surface area is 123 Å². The SMILES string of the molecule is CCOc1cccc(Oc2ccc3ccccc3c2)c1N. The molecule has 3 aromatic carbocycles. The van der Waals surface area contributed by atoms with Crippen molar-refractivity contribution in [2.24, 2.45) is 0 Å². The minimum atomic E-state index is 0.521. The van der Waals surface area contributed by atoms with Crippen LogP contribution < -0.4 is 15.2 Å². The van der Waals surface area contributed by atoms with Gasteiger partial charge in [0, 0.05) is 0 Å². The molecule has 0 aliphatic heterocycles. The maximum atomic E-state index is 6.08. The summed E-state index contributed by atoms with van der Waals surface area (Å²) in [5.41, 5.74) is 6.60. The van der Waals surface area contributed by atoms with Gasteiger partial charge in [-0.3, -0.25) is 0 Å². The Morgan fingerprint density at radius 1 is 0.857 bits per heavy atom. The summed E-state index contributed by atoms with van der Waals surface area (Å²) in [4.78, 5) is 0. The number of nitrogens with two attached hydrogens (primary N) is 1. The zero-order chi connectivity index (χ0) is 14.7. The van der Waals surface area contributed by atoms with E-state index in [1.807, 2.05) is 55.5 Å². The topological polar surface area (TPSA) is 44.5 Å². The average Bonchev–Trinajstić information content (AvgIpc) is 2.51. The van der Waals surface area contributed by atoms with E-state index in [1.165, 1.54) is 5.39 Å². The van der Waals surface area contributed by atoms with E-state index in [1.54, 1.807) is 0 Å². The summed E-state index contributed by atoms with van der Waals surface area (Å²) >= 11 is 0. The molecule has 3 nitrogen and oxygen atoms in total. The smallest absolute Gasteiger partial charge is 0.154 e. The zero-order valence-electron chi connectivity index (χ0n) is 11.9. The first-order valence-corrected chi connectivity index (χ1v) is 6.96. The van der Waals surface area contributed by atoms with E-state index in [4.69, 9.17) is 15.2 Å². The average molecular weight is 279 g/mol.